The van der Waals surface area contributed by atoms with Crippen LogP contribution in [0.2, 0.25) is 5.02 Å². The number of benzene rings is 2. The molecule has 3 aromatic rings. The molecule has 0 saturated carbocycles. The van der Waals surface area contributed by atoms with Crippen molar-refractivity contribution in [3.8, 4) is 5.75 Å². The Labute approximate surface area is 185 Å². The van der Waals surface area contributed by atoms with Gasteiger partial charge in [0.2, 0.25) is 15.0 Å². The number of hydrogen-bond donors (Lipinski definition) is 0. The Kier molecular flexibility index (Phi) is 6.52. The number of ether oxygens (including phenoxy) is 1. The number of halogens is 1. The highest BCUT2D eigenvalue weighted by molar-refractivity contribution is 7.90. The zero-order valence-electron chi connectivity index (χ0n) is 17.0. The van der Waals surface area contributed by atoms with Gasteiger partial charge in [-0.05, 0) is 50.1 Å². The van der Waals surface area contributed by atoms with Gasteiger partial charge in [-0.15, -0.1) is 0 Å². The third-order valence-corrected chi connectivity index (χ3v) is 6.20. The van der Waals surface area contributed by atoms with Gasteiger partial charge < -0.3 is 4.74 Å². The quantitative estimate of drug-likeness (QED) is 0.236. The molecule has 0 saturated heterocycles. The van der Waals surface area contributed by atoms with Crippen LogP contribution in [-0.4, -0.2) is 30.1 Å². The molecule has 0 bridgehead atoms. The molecular formula is C22H19ClN2O5S. The average molecular weight is 459 g/mol. The second-order valence-corrected chi connectivity index (χ2v) is 9.31. The van der Waals surface area contributed by atoms with Gasteiger partial charge in [0, 0.05) is 5.56 Å². The predicted octanol–water partition coefficient (Wildman–Crippen LogP) is 4.14. The fourth-order valence-electron chi connectivity index (χ4n) is 2.86. The largest absolute Gasteiger partial charge is 0.422 e. The molecule has 160 valence electrons. The molecule has 0 unspecified atom stereocenters. The molecule has 0 aliphatic rings. The molecule has 0 fully saturated rings. The van der Waals surface area contributed by atoms with Gasteiger partial charge in [-0.2, -0.15) is 0 Å². The van der Waals surface area contributed by atoms with Gasteiger partial charge in [-0.1, -0.05) is 41.4 Å². The number of sulfone groups is 1. The van der Waals surface area contributed by atoms with Gasteiger partial charge in [0.05, 0.1) is 17.0 Å². The molecule has 9 heteroatoms. The fourth-order valence-corrected chi connectivity index (χ4v) is 4.23. The maximum atomic E-state index is 12.7. The maximum absolute atomic E-state index is 12.7. The summed E-state index contributed by atoms with van der Waals surface area (Å²) in [6.45, 7) is 5.04. The lowest BCUT2D eigenvalue weighted by atomic mass is 10.1. The zero-order valence-corrected chi connectivity index (χ0v) is 18.6. The molecule has 31 heavy (non-hydrogen) atoms. The standard InChI is InChI=1S/C22H19ClN2O5S/c1-13-4-6-16(7-5-13)12-31(28,29)22-24-11-19(23)20(25-22)21(27)30-17-8-9-18(15(3)26)14(2)10-17/h4-11H,12H2,1-3H3. The van der Waals surface area contributed by atoms with Crippen LogP contribution in [0.1, 0.15) is 44.5 Å². The van der Waals surface area contributed by atoms with E-state index in [1.54, 1.807) is 37.3 Å². The summed E-state index contributed by atoms with van der Waals surface area (Å²) < 4.78 is 30.7. The molecule has 1 aromatic heterocycles. The normalized spacial score (nSPS) is 11.2. The lowest BCUT2D eigenvalue weighted by molar-refractivity contribution is 0.0727. The van der Waals surface area contributed by atoms with Gasteiger partial charge in [-0.25, -0.2) is 23.2 Å². The number of esters is 1. The van der Waals surface area contributed by atoms with Crippen LogP contribution in [0.4, 0.5) is 0 Å². The highest BCUT2D eigenvalue weighted by atomic mass is 35.5. The number of nitrogens with zero attached hydrogens (tertiary/aromatic N) is 2. The monoisotopic (exact) mass is 458 g/mol. The Morgan fingerprint density at radius 1 is 1.06 bits per heavy atom. The number of aryl methyl sites for hydroxylation is 2. The van der Waals surface area contributed by atoms with Crippen LogP contribution in [0.25, 0.3) is 0 Å². The molecule has 0 N–H and O–H groups in total. The van der Waals surface area contributed by atoms with E-state index < -0.39 is 21.0 Å². The molecule has 7 nitrogen and oxygen atoms in total. The first-order valence-corrected chi connectivity index (χ1v) is 11.2. The molecule has 2 aromatic carbocycles. The van der Waals surface area contributed by atoms with Crippen molar-refractivity contribution in [3.05, 3.63) is 81.6 Å². The Morgan fingerprint density at radius 2 is 1.74 bits per heavy atom. The summed E-state index contributed by atoms with van der Waals surface area (Å²) in [5, 5.41) is -0.663. The number of carbonyl (C=O) groups is 2. The number of carbonyl (C=O) groups excluding carboxylic acids is 2. The van der Waals surface area contributed by atoms with Crippen LogP contribution < -0.4 is 4.74 Å². The van der Waals surface area contributed by atoms with Crippen LogP contribution >= 0.6 is 11.6 Å². The lowest BCUT2D eigenvalue weighted by Gasteiger charge is -2.09. The molecule has 3 rings (SSSR count). The zero-order chi connectivity index (χ0) is 22.8. The van der Waals surface area contributed by atoms with E-state index >= 15 is 0 Å². The van der Waals surface area contributed by atoms with Crippen LogP contribution in [0.5, 0.6) is 5.75 Å². The van der Waals surface area contributed by atoms with Crippen molar-refractivity contribution >= 4 is 33.2 Å². The summed E-state index contributed by atoms with van der Waals surface area (Å²) in [5.41, 5.74) is 2.33. The van der Waals surface area contributed by atoms with E-state index in [0.29, 0.717) is 16.7 Å². The molecule has 0 atom stereocenters. The van der Waals surface area contributed by atoms with E-state index in [9.17, 15) is 18.0 Å². The summed E-state index contributed by atoms with van der Waals surface area (Å²) in [5.74, 6) is -1.20. The molecule has 0 spiro atoms. The predicted molar refractivity (Wildman–Crippen MR) is 115 cm³/mol. The fraction of sp³-hybridized carbons (Fsp3) is 0.182. The Bertz CT molecular complexity index is 1270. The Morgan fingerprint density at radius 3 is 2.35 bits per heavy atom. The minimum atomic E-state index is -3.92. The van der Waals surface area contributed by atoms with Gasteiger partial charge >= 0.3 is 5.97 Å². The molecule has 0 radical (unpaired) electrons. The van der Waals surface area contributed by atoms with E-state index in [-0.39, 0.29) is 28.0 Å². The smallest absolute Gasteiger partial charge is 0.364 e. The topological polar surface area (TPSA) is 103 Å². The molecule has 0 aliphatic heterocycles. The first-order chi connectivity index (χ1) is 14.6. The Hall–Kier alpha value is -3.10. The van der Waals surface area contributed by atoms with Crippen molar-refractivity contribution in [3.63, 3.8) is 0 Å². The highest BCUT2D eigenvalue weighted by Gasteiger charge is 2.24. The number of ketones is 1. The van der Waals surface area contributed by atoms with Gasteiger partial charge in [-0.3, -0.25) is 4.79 Å². The van der Waals surface area contributed by atoms with E-state index in [2.05, 4.69) is 9.97 Å². The van der Waals surface area contributed by atoms with Crippen molar-refractivity contribution in [2.75, 3.05) is 0 Å². The summed E-state index contributed by atoms with van der Waals surface area (Å²) in [6.07, 6.45) is 1.05. The first kappa shape index (κ1) is 22.6. The van der Waals surface area contributed by atoms with Crippen molar-refractivity contribution in [2.24, 2.45) is 0 Å². The van der Waals surface area contributed by atoms with Crippen LogP contribution in [0.15, 0.2) is 53.8 Å². The van der Waals surface area contributed by atoms with E-state index in [0.717, 1.165) is 11.8 Å². The second kappa shape index (κ2) is 8.95. The van der Waals surface area contributed by atoms with Gasteiger partial charge in [0.15, 0.2) is 11.5 Å². The summed E-state index contributed by atoms with van der Waals surface area (Å²) in [6, 6.07) is 11.5. The third kappa shape index (κ3) is 5.34. The van der Waals surface area contributed by atoms with Crippen molar-refractivity contribution in [1.29, 1.82) is 0 Å². The van der Waals surface area contributed by atoms with Gasteiger partial charge in [0.1, 0.15) is 5.75 Å². The average Bonchev–Trinajstić information content (AvgIpc) is 2.69. The van der Waals surface area contributed by atoms with Crippen LogP contribution in [0, 0.1) is 13.8 Å². The van der Waals surface area contributed by atoms with E-state index in [1.807, 2.05) is 6.92 Å². The minimum Gasteiger partial charge on any atom is -0.422 e. The maximum Gasteiger partial charge on any atom is 0.364 e. The molecular weight excluding hydrogens is 440 g/mol. The molecule has 0 aliphatic carbocycles. The lowest BCUT2D eigenvalue weighted by Crippen LogP contribution is -2.16. The number of aromatic nitrogens is 2. The summed E-state index contributed by atoms with van der Waals surface area (Å²) in [4.78, 5) is 31.8. The van der Waals surface area contributed by atoms with Crippen LogP contribution in [-0.2, 0) is 15.6 Å². The van der Waals surface area contributed by atoms with Crippen molar-refractivity contribution < 1.29 is 22.7 Å². The highest BCUT2D eigenvalue weighted by Crippen LogP contribution is 2.22. The minimum absolute atomic E-state index is 0.113. The van der Waals surface area contributed by atoms with Crippen molar-refractivity contribution in [2.45, 2.75) is 31.7 Å². The first-order valence-electron chi connectivity index (χ1n) is 9.21. The third-order valence-electron chi connectivity index (χ3n) is 4.46. The van der Waals surface area contributed by atoms with E-state index in [1.165, 1.54) is 19.1 Å². The summed E-state index contributed by atoms with van der Waals surface area (Å²) in [7, 11) is -3.92. The van der Waals surface area contributed by atoms with E-state index in [4.69, 9.17) is 16.3 Å². The second-order valence-electron chi connectivity index (χ2n) is 7.02. The number of hydrogen-bond acceptors (Lipinski definition) is 7. The van der Waals surface area contributed by atoms with Gasteiger partial charge in [0.25, 0.3) is 0 Å². The number of rotatable bonds is 6. The number of Topliss-reactive ketones (excluding diaryl/α,β-unsaturated/α-hetero) is 1. The summed E-state index contributed by atoms with van der Waals surface area (Å²) >= 11 is 6.02. The molecule has 1 heterocycles. The SMILES string of the molecule is CC(=O)c1ccc(OC(=O)c2nc(S(=O)(=O)Cc3ccc(C)cc3)ncc2Cl)cc1C. The van der Waals surface area contributed by atoms with Crippen molar-refractivity contribution in [1.82, 2.24) is 9.97 Å². The van der Waals surface area contributed by atoms with Crippen LogP contribution in [0.3, 0.4) is 0 Å². The Balaban J connectivity index is 1.86. The molecule has 0 amide bonds.